The lowest BCUT2D eigenvalue weighted by molar-refractivity contribution is -0.131. The standard InChI is InChI=1S/C26H31N3O4/c1-16(24(30)27-2)28-25(31)21-13-7-8-14-23(21)29-26(32)33-15-22-19-11-5-3-9-17(19)18-10-4-6-12-20(18)22/h3-6,9-12,16,21-23H,7-8,13-15H2,1-2H3,(H,27,30)(H,28,31)(H,29,32). The van der Waals surface area contributed by atoms with Gasteiger partial charge in [-0.05, 0) is 42.0 Å². The predicted molar refractivity (Wildman–Crippen MR) is 126 cm³/mol. The third kappa shape index (κ3) is 4.87. The molecule has 7 nitrogen and oxygen atoms in total. The van der Waals surface area contributed by atoms with Crippen molar-refractivity contribution in [3.05, 3.63) is 59.7 Å². The summed E-state index contributed by atoms with van der Waals surface area (Å²) in [7, 11) is 1.53. The number of likely N-dealkylation sites (N-methyl/N-ethyl adjacent to an activating group) is 1. The fraction of sp³-hybridized carbons (Fsp3) is 0.423. The first kappa shape index (κ1) is 22.8. The number of nitrogens with one attached hydrogen (secondary N) is 3. The van der Waals surface area contributed by atoms with E-state index in [9.17, 15) is 14.4 Å². The first-order chi connectivity index (χ1) is 16.0. The third-order valence-electron chi connectivity index (χ3n) is 6.75. The Bertz CT molecular complexity index is 992. The quantitative estimate of drug-likeness (QED) is 0.630. The van der Waals surface area contributed by atoms with Gasteiger partial charge in [0.25, 0.3) is 0 Å². The van der Waals surface area contributed by atoms with Gasteiger partial charge in [0.2, 0.25) is 11.8 Å². The van der Waals surface area contributed by atoms with Gasteiger partial charge >= 0.3 is 6.09 Å². The molecule has 0 heterocycles. The summed E-state index contributed by atoms with van der Waals surface area (Å²) < 4.78 is 5.66. The van der Waals surface area contributed by atoms with Crippen molar-refractivity contribution in [1.82, 2.24) is 16.0 Å². The highest BCUT2D eigenvalue weighted by Gasteiger charge is 2.34. The predicted octanol–water partition coefficient (Wildman–Crippen LogP) is 3.33. The number of carbonyl (C=O) groups is 3. The molecular formula is C26H31N3O4. The summed E-state index contributed by atoms with van der Waals surface area (Å²) in [6, 6.07) is 15.5. The van der Waals surface area contributed by atoms with E-state index in [1.807, 2.05) is 24.3 Å². The van der Waals surface area contributed by atoms with Gasteiger partial charge in [0.05, 0.1) is 5.92 Å². The van der Waals surface area contributed by atoms with E-state index in [0.29, 0.717) is 12.8 Å². The van der Waals surface area contributed by atoms with Crippen LogP contribution < -0.4 is 16.0 Å². The second kappa shape index (κ2) is 10.1. The fourth-order valence-electron chi connectivity index (χ4n) is 5.01. The number of ether oxygens (including phenoxy) is 1. The van der Waals surface area contributed by atoms with Crippen LogP contribution in [0.25, 0.3) is 11.1 Å². The minimum Gasteiger partial charge on any atom is -0.449 e. The highest BCUT2D eigenvalue weighted by atomic mass is 16.5. The Labute approximate surface area is 194 Å². The van der Waals surface area contributed by atoms with Crippen molar-refractivity contribution < 1.29 is 19.1 Å². The molecule has 0 spiro atoms. The Morgan fingerprint density at radius 2 is 1.58 bits per heavy atom. The largest absolute Gasteiger partial charge is 0.449 e. The Morgan fingerprint density at radius 3 is 2.21 bits per heavy atom. The molecule has 4 rings (SSSR count). The molecule has 1 fully saturated rings. The van der Waals surface area contributed by atoms with Gasteiger partial charge in [-0.25, -0.2) is 4.79 Å². The monoisotopic (exact) mass is 449 g/mol. The molecule has 7 heteroatoms. The minimum atomic E-state index is -0.625. The fourth-order valence-corrected chi connectivity index (χ4v) is 5.01. The van der Waals surface area contributed by atoms with Crippen LogP contribution in [0, 0.1) is 5.92 Å². The van der Waals surface area contributed by atoms with Crippen molar-refractivity contribution in [2.45, 2.75) is 50.6 Å². The van der Waals surface area contributed by atoms with Crippen LogP contribution in [0.5, 0.6) is 0 Å². The maximum atomic E-state index is 12.8. The summed E-state index contributed by atoms with van der Waals surface area (Å²) in [5, 5.41) is 8.21. The Hall–Kier alpha value is -3.35. The van der Waals surface area contributed by atoms with Gasteiger partial charge in [-0.3, -0.25) is 9.59 Å². The Balaban J connectivity index is 1.38. The molecule has 0 saturated heterocycles. The van der Waals surface area contributed by atoms with Crippen LogP contribution in [0.4, 0.5) is 4.79 Å². The number of hydrogen-bond acceptors (Lipinski definition) is 4. The van der Waals surface area contributed by atoms with Crippen LogP contribution in [0.3, 0.4) is 0 Å². The highest BCUT2D eigenvalue weighted by molar-refractivity contribution is 5.88. The zero-order valence-corrected chi connectivity index (χ0v) is 19.1. The van der Waals surface area contributed by atoms with Crippen LogP contribution in [0.2, 0.25) is 0 Å². The van der Waals surface area contributed by atoms with E-state index in [1.165, 1.54) is 18.2 Å². The van der Waals surface area contributed by atoms with Crippen molar-refractivity contribution in [1.29, 1.82) is 0 Å². The maximum absolute atomic E-state index is 12.8. The SMILES string of the molecule is CNC(=O)C(C)NC(=O)C1CCCCC1NC(=O)OCC1c2ccccc2-c2ccccc21. The summed E-state index contributed by atoms with van der Waals surface area (Å²) in [5.41, 5.74) is 4.67. The van der Waals surface area contributed by atoms with E-state index >= 15 is 0 Å². The van der Waals surface area contributed by atoms with E-state index in [2.05, 4.69) is 40.2 Å². The second-order valence-corrected chi connectivity index (χ2v) is 8.81. The number of alkyl carbamates (subject to hydrolysis) is 1. The van der Waals surface area contributed by atoms with Crippen LogP contribution in [-0.4, -0.2) is 43.6 Å². The average Bonchev–Trinajstić information content (AvgIpc) is 3.16. The molecule has 0 radical (unpaired) electrons. The van der Waals surface area contributed by atoms with E-state index in [4.69, 9.17) is 4.74 Å². The zero-order chi connectivity index (χ0) is 23.4. The van der Waals surface area contributed by atoms with Crippen molar-refractivity contribution in [2.24, 2.45) is 5.92 Å². The number of rotatable bonds is 6. The molecule has 3 unspecified atom stereocenters. The van der Waals surface area contributed by atoms with Crippen molar-refractivity contribution in [2.75, 3.05) is 13.7 Å². The van der Waals surface area contributed by atoms with E-state index in [-0.39, 0.29) is 36.3 Å². The normalized spacial score (nSPS) is 20.2. The lowest BCUT2D eigenvalue weighted by Crippen LogP contribution is -2.52. The summed E-state index contributed by atoms with van der Waals surface area (Å²) in [6.07, 6.45) is 2.70. The van der Waals surface area contributed by atoms with Gasteiger partial charge < -0.3 is 20.7 Å². The third-order valence-corrected chi connectivity index (χ3v) is 6.75. The van der Waals surface area contributed by atoms with Crippen molar-refractivity contribution in [3.63, 3.8) is 0 Å². The lowest BCUT2D eigenvalue weighted by Gasteiger charge is -2.31. The van der Waals surface area contributed by atoms with Gasteiger partial charge in [-0.15, -0.1) is 0 Å². The molecule has 2 aromatic carbocycles. The lowest BCUT2D eigenvalue weighted by atomic mass is 9.83. The van der Waals surface area contributed by atoms with Crippen molar-refractivity contribution in [3.8, 4) is 11.1 Å². The number of amides is 3. The molecule has 3 N–H and O–H groups in total. The number of fused-ring (bicyclic) bond motifs is 3. The molecule has 0 bridgehead atoms. The molecular weight excluding hydrogens is 418 g/mol. The Morgan fingerprint density at radius 1 is 0.970 bits per heavy atom. The molecule has 3 amide bonds. The zero-order valence-electron chi connectivity index (χ0n) is 19.1. The van der Waals surface area contributed by atoms with Crippen LogP contribution in [-0.2, 0) is 14.3 Å². The molecule has 1 saturated carbocycles. The first-order valence-corrected chi connectivity index (χ1v) is 11.6. The highest BCUT2D eigenvalue weighted by Crippen LogP contribution is 2.44. The van der Waals surface area contributed by atoms with E-state index in [0.717, 1.165) is 24.0 Å². The topological polar surface area (TPSA) is 96.5 Å². The van der Waals surface area contributed by atoms with Crippen molar-refractivity contribution >= 4 is 17.9 Å². The summed E-state index contributed by atoms with van der Waals surface area (Å²) in [5.74, 6) is -0.858. The molecule has 2 aliphatic carbocycles. The van der Waals surface area contributed by atoms with Gasteiger partial charge in [0.15, 0.2) is 0 Å². The molecule has 0 aromatic heterocycles. The number of carbonyl (C=O) groups excluding carboxylic acids is 3. The molecule has 33 heavy (non-hydrogen) atoms. The minimum absolute atomic E-state index is 0.0120. The van der Waals surface area contributed by atoms with Gasteiger partial charge in [-0.1, -0.05) is 61.4 Å². The first-order valence-electron chi connectivity index (χ1n) is 11.6. The molecule has 0 aliphatic heterocycles. The smallest absolute Gasteiger partial charge is 0.407 e. The molecule has 2 aromatic rings. The molecule has 2 aliphatic rings. The van der Waals surface area contributed by atoms with Gasteiger partial charge in [0.1, 0.15) is 12.6 Å². The van der Waals surface area contributed by atoms with Crippen LogP contribution in [0.15, 0.2) is 48.5 Å². The maximum Gasteiger partial charge on any atom is 0.407 e. The van der Waals surface area contributed by atoms with Gasteiger partial charge in [0, 0.05) is 19.0 Å². The average molecular weight is 450 g/mol. The number of benzene rings is 2. The second-order valence-electron chi connectivity index (χ2n) is 8.81. The number of hydrogen-bond donors (Lipinski definition) is 3. The van der Waals surface area contributed by atoms with Gasteiger partial charge in [-0.2, -0.15) is 0 Å². The molecule has 174 valence electrons. The van der Waals surface area contributed by atoms with Crippen LogP contribution in [0.1, 0.15) is 49.7 Å². The van der Waals surface area contributed by atoms with E-state index in [1.54, 1.807) is 6.92 Å². The van der Waals surface area contributed by atoms with Crippen LogP contribution >= 0.6 is 0 Å². The summed E-state index contributed by atoms with van der Waals surface area (Å²) in [4.78, 5) is 37.2. The summed E-state index contributed by atoms with van der Waals surface area (Å²) >= 11 is 0. The molecule has 3 atom stereocenters. The van der Waals surface area contributed by atoms with E-state index < -0.39 is 12.1 Å². The Kier molecular flexibility index (Phi) is 6.96. The summed E-state index contributed by atoms with van der Waals surface area (Å²) in [6.45, 7) is 1.88.